The molecule has 2 aromatic rings. The number of nitrogens with one attached hydrogen (secondary N) is 2. The Hall–Kier alpha value is -2.38. The Morgan fingerprint density at radius 2 is 1.72 bits per heavy atom. The average molecular weight is 362 g/mol. The number of para-hydroxylation sites is 1. The average Bonchev–Trinajstić information content (AvgIpc) is 2.60. The number of benzene rings is 2. The quantitative estimate of drug-likeness (QED) is 0.672. The van der Waals surface area contributed by atoms with Crippen LogP contribution in [0.15, 0.2) is 59.5 Å². The maximum Gasteiger partial charge on any atom is 0.240 e. The summed E-state index contributed by atoms with van der Waals surface area (Å²) in [5.74, 6) is 0.600. The van der Waals surface area contributed by atoms with Crippen LogP contribution in [-0.2, 0) is 14.8 Å². The van der Waals surface area contributed by atoms with Gasteiger partial charge in [0, 0.05) is 18.7 Å². The zero-order valence-corrected chi connectivity index (χ0v) is 14.9. The molecule has 2 N–H and O–H groups in total. The van der Waals surface area contributed by atoms with Crippen molar-refractivity contribution in [2.24, 2.45) is 0 Å². The lowest BCUT2D eigenvalue weighted by Crippen LogP contribution is -2.28. The van der Waals surface area contributed by atoms with E-state index in [-0.39, 0.29) is 24.0 Å². The molecule has 0 spiro atoms. The molecule has 0 radical (unpaired) electrons. The van der Waals surface area contributed by atoms with Crippen molar-refractivity contribution >= 4 is 21.6 Å². The molecule has 0 fully saturated rings. The molecule has 0 saturated heterocycles. The van der Waals surface area contributed by atoms with Crippen LogP contribution in [0.3, 0.4) is 0 Å². The molecule has 0 aliphatic rings. The van der Waals surface area contributed by atoms with Crippen molar-refractivity contribution in [3.05, 3.63) is 54.6 Å². The van der Waals surface area contributed by atoms with Gasteiger partial charge < -0.3 is 10.1 Å². The fourth-order valence-electron chi connectivity index (χ4n) is 2.11. The van der Waals surface area contributed by atoms with Crippen LogP contribution in [0.4, 0.5) is 5.69 Å². The fraction of sp³-hybridized carbons (Fsp3) is 0.278. The molecular formula is C18H22N2O4S. The molecule has 6 nitrogen and oxygen atoms in total. The first-order valence-electron chi connectivity index (χ1n) is 8.08. The smallest absolute Gasteiger partial charge is 0.240 e. The Balaban J connectivity index is 1.85. The summed E-state index contributed by atoms with van der Waals surface area (Å²) in [6, 6.07) is 15.2. The molecule has 134 valence electrons. The minimum atomic E-state index is -3.61. The number of ether oxygens (including phenoxy) is 1. The van der Waals surface area contributed by atoms with Gasteiger partial charge in [0.15, 0.2) is 0 Å². The molecular weight excluding hydrogens is 340 g/mol. The maximum absolute atomic E-state index is 12.2. The molecule has 1 amide bonds. The minimum absolute atomic E-state index is 0.0886. The van der Waals surface area contributed by atoms with Crippen LogP contribution in [0.5, 0.6) is 5.75 Å². The normalized spacial score (nSPS) is 11.1. The van der Waals surface area contributed by atoms with E-state index >= 15 is 0 Å². The standard InChI is InChI=1S/C18H22N2O4S/c1-2-6-18(21)20-15-9-11-17(12-10-15)25(22,23)19-13-14-24-16-7-4-3-5-8-16/h3-5,7-12,19H,2,6,13-14H2,1H3,(H,20,21). The van der Waals surface area contributed by atoms with Crippen LogP contribution in [0.1, 0.15) is 19.8 Å². The Bertz CT molecular complexity index is 774. The Labute approximate surface area is 148 Å². The Morgan fingerprint density at radius 1 is 1.04 bits per heavy atom. The Kier molecular flexibility index (Phi) is 6.97. The largest absolute Gasteiger partial charge is 0.492 e. The highest BCUT2D eigenvalue weighted by atomic mass is 32.2. The van der Waals surface area contributed by atoms with Gasteiger partial charge in [0.25, 0.3) is 0 Å². The Morgan fingerprint density at radius 3 is 2.36 bits per heavy atom. The number of amides is 1. The SMILES string of the molecule is CCCC(=O)Nc1ccc(S(=O)(=O)NCCOc2ccccc2)cc1. The lowest BCUT2D eigenvalue weighted by atomic mass is 10.3. The first kappa shape index (κ1) is 19.0. The molecule has 0 heterocycles. The van der Waals surface area contributed by atoms with E-state index in [0.717, 1.165) is 6.42 Å². The predicted octanol–water partition coefficient (Wildman–Crippen LogP) is 2.78. The number of anilines is 1. The summed E-state index contributed by atoms with van der Waals surface area (Å²) in [7, 11) is -3.61. The van der Waals surface area contributed by atoms with Gasteiger partial charge in [0.05, 0.1) is 4.90 Å². The van der Waals surface area contributed by atoms with Crippen LogP contribution >= 0.6 is 0 Å². The van der Waals surface area contributed by atoms with E-state index in [0.29, 0.717) is 17.9 Å². The van der Waals surface area contributed by atoms with Gasteiger partial charge in [0.2, 0.25) is 15.9 Å². The van der Waals surface area contributed by atoms with Gasteiger partial charge in [-0.2, -0.15) is 0 Å². The van der Waals surface area contributed by atoms with E-state index in [9.17, 15) is 13.2 Å². The maximum atomic E-state index is 12.2. The summed E-state index contributed by atoms with van der Waals surface area (Å²) >= 11 is 0. The zero-order chi connectivity index (χ0) is 18.1. The van der Waals surface area contributed by atoms with Crippen LogP contribution < -0.4 is 14.8 Å². The monoisotopic (exact) mass is 362 g/mol. The number of hydrogen-bond donors (Lipinski definition) is 2. The fourth-order valence-corrected chi connectivity index (χ4v) is 3.13. The number of sulfonamides is 1. The zero-order valence-electron chi connectivity index (χ0n) is 14.1. The van der Waals surface area contributed by atoms with Crippen molar-refractivity contribution in [1.29, 1.82) is 0 Å². The van der Waals surface area contributed by atoms with Crippen molar-refractivity contribution in [2.75, 3.05) is 18.5 Å². The molecule has 0 aromatic heterocycles. The third-order valence-corrected chi connectivity index (χ3v) is 4.81. The molecule has 0 aliphatic heterocycles. The summed E-state index contributed by atoms with van der Waals surface area (Å²) in [5, 5.41) is 2.72. The van der Waals surface area contributed by atoms with Gasteiger partial charge in [0.1, 0.15) is 12.4 Å². The molecule has 2 aromatic carbocycles. The molecule has 2 rings (SSSR count). The van der Waals surface area contributed by atoms with Gasteiger partial charge in [-0.1, -0.05) is 25.1 Å². The lowest BCUT2D eigenvalue weighted by molar-refractivity contribution is -0.116. The van der Waals surface area contributed by atoms with Gasteiger partial charge in [-0.25, -0.2) is 13.1 Å². The van der Waals surface area contributed by atoms with E-state index in [1.54, 1.807) is 24.3 Å². The number of carbonyl (C=O) groups excluding carboxylic acids is 1. The molecule has 25 heavy (non-hydrogen) atoms. The van der Waals surface area contributed by atoms with Crippen LogP contribution in [0.25, 0.3) is 0 Å². The van der Waals surface area contributed by atoms with Crippen LogP contribution in [0, 0.1) is 0 Å². The van der Waals surface area contributed by atoms with E-state index in [1.165, 1.54) is 12.1 Å². The number of rotatable bonds is 9. The van der Waals surface area contributed by atoms with E-state index in [2.05, 4.69) is 10.0 Å². The highest BCUT2D eigenvalue weighted by Crippen LogP contribution is 2.14. The summed E-state index contributed by atoms with van der Waals surface area (Å²) in [6.07, 6.45) is 1.19. The van der Waals surface area contributed by atoms with Crippen molar-refractivity contribution in [3.8, 4) is 5.75 Å². The topological polar surface area (TPSA) is 84.5 Å². The molecule has 0 unspecified atom stereocenters. The van der Waals surface area contributed by atoms with Crippen molar-refractivity contribution < 1.29 is 17.9 Å². The second-order valence-electron chi connectivity index (χ2n) is 5.38. The van der Waals surface area contributed by atoms with Gasteiger partial charge in [-0.3, -0.25) is 4.79 Å². The molecule has 0 saturated carbocycles. The van der Waals surface area contributed by atoms with Crippen molar-refractivity contribution in [2.45, 2.75) is 24.7 Å². The van der Waals surface area contributed by atoms with E-state index in [4.69, 9.17) is 4.74 Å². The second kappa shape index (κ2) is 9.19. The second-order valence-corrected chi connectivity index (χ2v) is 7.15. The molecule has 0 bridgehead atoms. The van der Waals surface area contributed by atoms with Crippen LogP contribution in [-0.4, -0.2) is 27.5 Å². The van der Waals surface area contributed by atoms with Crippen LogP contribution in [0.2, 0.25) is 0 Å². The first-order chi connectivity index (χ1) is 12.0. The lowest BCUT2D eigenvalue weighted by Gasteiger charge is -2.09. The summed E-state index contributed by atoms with van der Waals surface area (Å²) in [5.41, 5.74) is 0.574. The summed E-state index contributed by atoms with van der Waals surface area (Å²) in [4.78, 5) is 11.7. The molecule has 7 heteroatoms. The van der Waals surface area contributed by atoms with Crippen molar-refractivity contribution in [1.82, 2.24) is 4.72 Å². The van der Waals surface area contributed by atoms with Gasteiger partial charge >= 0.3 is 0 Å². The molecule has 0 atom stereocenters. The number of carbonyl (C=O) groups is 1. The minimum Gasteiger partial charge on any atom is -0.492 e. The highest BCUT2D eigenvalue weighted by Gasteiger charge is 2.13. The summed E-state index contributed by atoms with van der Waals surface area (Å²) < 4.78 is 32.4. The van der Waals surface area contributed by atoms with E-state index < -0.39 is 10.0 Å². The van der Waals surface area contributed by atoms with E-state index in [1.807, 2.05) is 25.1 Å². The third kappa shape index (κ3) is 6.21. The highest BCUT2D eigenvalue weighted by molar-refractivity contribution is 7.89. The number of hydrogen-bond acceptors (Lipinski definition) is 4. The van der Waals surface area contributed by atoms with Crippen molar-refractivity contribution in [3.63, 3.8) is 0 Å². The first-order valence-corrected chi connectivity index (χ1v) is 9.57. The molecule has 0 aliphatic carbocycles. The van der Waals surface area contributed by atoms with Gasteiger partial charge in [-0.05, 0) is 42.8 Å². The van der Waals surface area contributed by atoms with Gasteiger partial charge in [-0.15, -0.1) is 0 Å². The third-order valence-electron chi connectivity index (χ3n) is 3.33. The predicted molar refractivity (Wildman–Crippen MR) is 97.1 cm³/mol. The summed E-state index contributed by atoms with van der Waals surface area (Å²) in [6.45, 7) is 2.31.